The molecule has 0 aromatic heterocycles. The maximum atomic E-state index is 12.6. The predicted molar refractivity (Wildman–Crippen MR) is 134 cm³/mol. The molecule has 1 fully saturated rings. The molecule has 184 valence electrons. The van der Waals surface area contributed by atoms with Crippen molar-refractivity contribution in [3.63, 3.8) is 0 Å². The van der Waals surface area contributed by atoms with E-state index < -0.39 is 10.0 Å². The van der Waals surface area contributed by atoms with E-state index in [1.54, 1.807) is 24.3 Å². The summed E-state index contributed by atoms with van der Waals surface area (Å²) in [4.78, 5) is 2.75. The second-order valence-corrected chi connectivity index (χ2v) is 11.1. The Morgan fingerprint density at radius 2 is 1.59 bits per heavy atom. The first-order valence-corrected chi connectivity index (χ1v) is 14.4. The van der Waals surface area contributed by atoms with Gasteiger partial charge in [0, 0.05) is 18.5 Å². The number of nitrogens with zero attached hydrogens (tertiary/aromatic N) is 1. The van der Waals surface area contributed by atoms with Crippen LogP contribution in [-0.4, -0.2) is 52.2 Å². The normalized spacial score (nSPS) is 19.5. The lowest BCUT2D eigenvalue weighted by molar-refractivity contribution is 0.0220. The van der Waals surface area contributed by atoms with Gasteiger partial charge in [0.15, 0.2) is 0 Å². The summed E-state index contributed by atoms with van der Waals surface area (Å²) in [7, 11) is -1.25. The Bertz CT molecular complexity index is 719. The van der Waals surface area contributed by atoms with Crippen molar-refractivity contribution >= 4 is 21.6 Å². The molecule has 1 aliphatic carbocycles. The van der Waals surface area contributed by atoms with E-state index in [0.717, 1.165) is 44.3 Å². The number of benzene rings is 1. The summed E-state index contributed by atoms with van der Waals surface area (Å²) >= 11 is 5.78. The standard InChI is InChI=1S/C25H43ClN2O3S/c1-3-4-7-18-28(2)19-8-5-6-9-20-31-24-14-12-23(13-15-24)27-32(29,30)25-16-10-22(21-26)11-17-25/h10-11,16-17,23-24,27H,3-9,12-15,18-21H2,1-2H3. The summed E-state index contributed by atoms with van der Waals surface area (Å²) in [5.74, 6) is 0.383. The van der Waals surface area contributed by atoms with Gasteiger partial charge in [-0.25, -0.2) is 13.1 Å². The lowest BCUT2D eigenvalue weighted by Gasteiger charge is -2.29. The highest BCUT2D eigenvalue weighted by atomic mass is 35.5. The number of nitrogens with one attached hydrogen (secondary N) is 1. The fourth-order valence-corrected chi connectivity index (χ4v) is 5.71. The number of hydrogen-bond acceptors (Lipinski definition) is 4. The van der Waals surface area contributed by atoms with E-state index in [-0.39, 0.29) is 12.1 Å². The van der Waals surface area contributed by atoms with Gasteiger partial charge in [0.1, 0.15) is 0 Å². The minimum absolute atomic E-state index is 0.0122. The van der Waals surface area contributed by atoms with Gasteiger partial charge in [0.25, 0.3) is 0 Å². The Morgan fingerprint density at radius 3 is 2.22 bits per heavy atom. The van der Waals surface area contributed by atoms with Gasteiger partial charge in [-0.15, -0.1) is 11.6 Å². The Kier molecular flexibility index (Phi) is 13.2. The average molecular weight is 487 g/mol. The second kappa shape index (κ2) is 15.3. The van der Waals surface area contributed by atoms with Crippen LogP contribution in [0.4, 0.5) is 0 Å². The Labute approximate surface area is 201 Å². The van der Waals surface area contributed by atoms with Crippen molar-refractivity contribution in [3.05, 3.63) is 29.8 Å². The molecule has 0 aliphatic heterocycles. The molecule has 0 amide bonds. The largest absolute Gasteiger partial charge is 0.378 e. The number of ether oxygens (including phenoxy) is 1. The highest BCUT2D eigenvalue weighted by molar-refractivity contribution is 7.89. The Morgan fingerprint density at radius 1 is 0.969 bits per heavy atom. The smallest absolute Gasteiger partial charge is 0.240 e. The van der Waals surface area contributed by atoms with E-state index in [1.807, 2.05) is 0 Å². The lowest BCUT2D eigenvalue weighted by Crippen LogP contribution is -2.39. The Hall–Kier alpha value is -0.660. The van der Waals surface area contributed by atoms with Crippen molar-refractivity contribution in [2.45, 2.75) is 100 Å². The van der Waals surface area contributed by atoms with E-state index in [2.05, 4.69) is 23.6 Å². The summed E-state index contributed by atoms with van der Waals surface area (Å²) in [5.41, 5.74) is 0.915. The van der Waals surface area contributed by atoms with Crippen LogP contribution in [0, 0.1) is 0 Å². The van der Waals surface area contributed by atoms with Gasteiger partial charge >= 0.3 is 0 Å². The predicted octanol–water partition coefficient (Wildman–Crippen LogP) is 5.71. The molecular formula is C25H43ClN2O3S. The molecule has 0 bridgehead atoms. The van der Waals surface area contributed by atoms with Gasteiger partial charge in [-0.2, -0.15) is 0 Å². The van der Waals surface area contributed by atoms with Crippen molar-refractivity contribution in [3.8, 4) is 0 Å². The van der Waals surface area contributed by atoms with Crippen LogP contribution in [0.1, 0.15) is 83.1 Å². The van der Waals surface area contributed by atoms with Gasteiger partial charge in [-0.05, 0) is 82.8 Å². The quantitative estimate of drug-likeness (QED) is 0.240. The van der Waals surface area contributed by atoms with Crippen molar-refractivity contribution in [1.82, 2.24) is 9.62 Å². The van der Waals surface area contributed by atoms with Crippen molar-refractivity contribution in [2.24, 2.45) is 0 Å². The minimum Gasteiger partial charge on any atom is -0.378 e. The highest BCUT2D eigenvalue weighted by Crippen LogP contribution is 2.23. The zero-order valence-corrected chi connectivity index (χ0v) is 21.6. The number of halogens is 1. The van der Waals surface area contributed by atoms with Crippen LogP contribution >= 0.6 is 11.6 Å². The monoisotopic (exact) mass is 486 g/mol. The third kappa shape index (κ3) is 10.5. The van der Waals surface area contributed by atoms with Crippen molar-refractivity contribution < 1.29 is 13.2 Å². The van der Waals surface area contributed by atoms with Crippen LogP contribution in [0.2, 0.25) is 0 Å². The number of rotatable bonds is 16. The number of alkyl halides is 1. The molecule has 32 heavy (non-hydrogen) atoms. The third-order valence-corrected chi connectivity index (χ3v) is 8.16. The molecule has 0 unspecified atom stereocenters. The molecule has 0 atom stereocenters. The molecule has 0 spiro atoms. The van der Waals surface area contributed by atoms with Gasteiger partial charge in [0.05, 0.1) is 11.0 Å². The maximum absolute atomic E-state index is 12.6. The van der Waals surface area contributed by atoms with Crippen molar-refractivity contribution in [2.75, 3.05) is 26.7 Å². The molecule has 1 aromatic rings. The van der Waals surface area contributed by atoms with Crippen LogP contribution in [0.5, 0.6) is 0 Å². The topological polar surface area (TPSA) is 58.6 Å². The first-order chi connectivity index (χ1) is 15.4. The molecular weight excluding hydrogens is 444 g/mol. The highest BCUT2D eigenvalue weighted by Gasteiger charge is 2.26. The number of hydrogen-bond donors (Lipinski definition) is 1. The summed E-state index contributed by atoms with van der Waals surface area (Å²) in [6, 6.07) is 6.76. The van der Waals surface area contributed by atoms with Gasteiger partial charge < -0.3 is 9.64 Å². The van der Waals surface area contributed by atoms with Crippen LogP contribution < -0.4 is 4.72 Å². The maximum Gasteiger partial charge on any atom is 0.240 e. The van der Waals surface area contributed by atoms with Crippen LogP contribution in [0.15, 0.2) is 29.2 Å². The first kappa shape index (κ1) is 27.6. The van der Waals surface area contributed by atoms with Crippen molar-refractivity contribution in [1.29, 1.82) is 0 Å². The van der Waals surface area contributed by atoms with Crippen LogP contribution in [0.25, 0.3) is 0 Å². The van der Waals surface area contributed by atoms with E-state index in [0.29, 0.717) is 10.8 Å². The van der Waals surface area contributed by atoms with Gasteiger partial charge in [0.2, 0.25) is 10.0 Å². The fraction of sp³-hybridized carbons (Fsp3) is 0.760. The van der Waals surface area contributed by atoms with E-state index in [1.165, 1.54) is 51.6 Å². The third-order valence-electron chi connectivity index (χ3n) is 6.32. The molecule has 1 aliphatic rings. The molecule has 2 rings (SSSR count). The first-order valence-electron chi connectivity index (χ1n) is 12.4. The molecule has 1 aromatic carbocycles. The molecule has 7 heteroatoms. The summed E-state index contributed by atoms with van der Waals surface area (Å²) in [6.45, 7) is 5.48. The zero-order chi connectivity index (χ0) is 23.2. The van der Waals surface area contributed by atoms with Crippen LogP contribution in [0.3, 0.4) is 0 Å². The van der Waals surface area contributed by atoms with E-state index in [4.69, 9.17) is 16.3 Å². The summed E-state index contributed by atoms with van der Waals surface area (Å²) in [6.07, 6.45) is 12.6. The fourth-order valence-electron chi connectivity index (χ4n) is 4.22. The van der Waals surface area contributed by atoms with Crippen LogP contribution in [-0.2, 0) is 20.6 Å². The van der Waals surface area contributed by atoms with E-state index in [9.17, 15) is 8.42 Å². The van der Waals surface area contributed by atoms with Gasteiger partial charge in [-0.3, -0.25) is 0 Å². The molecule has 0 radical (unpaired) electrons. The SMILES string of the molecule is CCCCCN(C)CCCCCCOC1CCC(NS(=O)(=O)c2ccc(CCl)cc2)CC1. The average Bonchev–Trinajstić information content (AvgIpc) is 2.79. The van der Waals surface area contributed by atoms with E-state index >= 15 is 0 Å². The summed E-state index contributed by atoms with van der Waals surface area (Å²) in [5, 5.41) is 0. The lowest BCUT2D eigenvalue weighted by atomic mass is 9.94. The molecule has 0 saturated heterocycles. The molecule has 1 saturated carbocycles. The zero-order valence-electron chi connectivity index (χ0n) is 20.0. The number of sulfonamides is 1. The molecule has 1 N–H and O–H groups in total. The summed E-state index contributed by atoms with van der Waals surface area (Å²) < 4.78 is 34.1. The second-order valence-electron chi connectivity index (χ2n) is 9.17. The molecule has 0 heterocycles. The van der Waals surface area contributed by atoms with Gasteiger partial charge in [-0.1, -0.05) is 44.7 Å². The Balaban J connectivity index is 1.53. The minimum atomic E-state index is -3.48. The molecule has 5 nitrogen and oxygen atoms in total. The number of unbranched alkanes of at least 4 members (excludes halogenated alkanes) is 5.